The predicted molar refractivity (Wildman–Crippen MR) is 154 cm³/mol. The van der Waals surface area contributed by atoms with Crippen LogP contribution in [0.4, 0.5) is 21.9 Å². The van der Waals surface area contributed by atoms with Gasteiger partial charge in [0.1, 0.15) is 21.9 Å². The Hall–Kier alpha value is -5.02. The van der Waals surface area contributed by atoms with E-state index in [1.807, 2.05) is 36.4 Å². The van der Waals surface area contributed by atoms with Gasteiger partial charge in [0.05, 0.1) is 34.2 Å². The topological polar surface area (TPSA) is 141 Å². The van der Waals surface area contributed by atoms with Gasteiger partial charge in [0, 0.05) is 31.4 Å². The van der Waals surface area contributed by atoms with Crippen molar-refractivity contribution in [2.45, 2.75) is 32.2 Å². The fourth-order valence-electron chi connectivity index (χ4n) is 5.17. The van der Waals surface area contributed by atoms with E-state index in [0.717, 1.165) is 6.42 Å². The van der Waals surface area contributed by atoms with E-state index in [1.54, 1.807) is 36.2 Å². The Morgan fingerprint density at radius 3 is 2.80 bits per heavy atom. The lowest BCUT2D eigenvalue weighted by atomic mass is 10.0. The summed E-state index contributed by atoms with van der Waals surface area (Å²) in [5.41, 5.74) is 2.16. The summed E-state index contributed by atoms with van der Waals surface area (Å²) in [4.78, 5) is 52.2. The summed E-state index contributed by atoms with van der Waals surface area (Å²) < 4.78 is 5.85. The lowest BCUT2D eigenvalue weighted by Crippen LogP contribution is -2.49. The first-order valence-electron chi connectivity index (χ1n) is 13.1. The molecule has 1 saturated heterocycles. The number of thiophene rings is 1. The smallest absolute Gasteiger partial charge is 0.331 e. The summed E-state index contributed by atoms with van der Waals surface area (Å²) >= 11 is 1.20. The van der Waals surface area contributed by atoms with Crippen LogP contribution in [-0.4, -0.2) is 51.8 Å². The number of hydrogen-bond acceptors (Lipinski definition) is 8. The van der Waals surface area contributed by atoms with E-state index in [9.17, 15) is 14.4 Å². The van der Waals surface area contributed by atoms with Gasteiger partial charge < -0.3 is 20.3 Å². The van der Waals surface area contributed by atoms with Crippen LogP contribution in [0.2, 0.25) is 0 Å². The number of pyridine rings is 2. The molecule has 2 aliphatic rings. The summed E-state index contributed by atoms with van der Waals surface area (Å²) in [6.07, 6.45) is 2.86. The summed E-state index contributed by atoms with van der Waals surface area (Å²) in [5.74, 6) is 0.472. The maximum absolute atomic E-state index is 13.5. The number of anilines is 3. The molecule has 11 nitrogen and oxygen atoms in total. The third kappa shape index (κ3) is 5.03. The fraction of sp³-hybridized carbons (Fsp3) is 0.241. The van der Waals surface area contributed by atoms with Gasteiger partial charge in [-0.1, -0.05) is 18.2 Å². The third-order valence-corrected chi connectivity index (χ3v) is 8.13. The Labute approximate surface area is 239 Å². The molecule has 12 heteroatoms. The quantitative estimate of drug-likeness (QED) is 0.330. The van der Waals surface area contributed by atoms with E-state index >= 15 is 0 Å². The minimum Gasteiger partial charge on any atom is -0.439 e. The lowest BCUT2D eigenvalue weighted by molar-refractivity contribution is -0.131. The van der Waals surface area contributed by atoms with E-state index in [2.05, 4.69) is 20.6 Å². The number of nitrogens with one attached hydrogen (secondary N) is 2. The zero-order chi connectivity index (χ0) is 28.5. The number of carbonyl (C=O) groups excluding carboxylic acids is 3. The Morgan fingerprint density at radius 2 is 2.02 bits per heavy atom. The number of para-hydroxylation sites is 1. The fourth-order valence-corrected chi connectivity index (χ4v) is 6.19. The molecule has 4 aromatic rings. The monoisotopic (exact) mass is 567 g/mol. The van der Waals surface area contributed by atoms with Gasteiger partial charge in [0.2, 0.25) is 11.8 Å². The van der Waals surface area contributed by atoms with Crippen LogP contribution in [-0.2, 0) is 4.79 Å². The Morgan fingerprint density at radius 1 is 1.20 bits per heavy atom. The third-order valence-electron chi connectivity index (χ3n) is 7.03. The molecule has 0 radical (unpaired) electrons. The van der Waals surface area contributed by atoms with Crippen molar-refractivity contribution >= 4 is 56.5 Å². The zero-order valence-electron chi connectivity index (χ0n) is 22.1. The van der Waals surface area contributed by atoms with Gasteiger partial charge in [-0.2, -0.15) is 5.26 Å². The number of ether oxygens (including phenoxy) is 1. The Kier molecular flexibility index (Phi) is 6.94. The number of carbonyl (C=O) groups is 3. The number of rotatable bonds is 6. The van der Waals surface area contributed by atoms with Gasteiger partial charge in [-0.3, -0.25) is 14.5 Å². The summed E-state index contributed by atoms with van der Waals surface area (Å²) in [7, 11) is 0. The average molecular weight is 568 g/mol. The van der Waals surface area contributed by atoms with Gasteiger partial charge in [-0.15, -0.1) is 11.3 Å². The van der Waals surface area contributed by atoms with Crippen LogP contribution in [0, 0.1) is 18.3 Å². The predicted octanol–water partition coefficient (Wildman–Crippen LogP) is 5.11. The second kappa shape index (κ2) is 10.9. The van der Waals surface area contributed by atoms with Crippen molar-refractivity contribution in [3.63, 3.8) is 0 Å². The number of aryl methyl sites for hydroxylation is 1. The number of amides is 4. The number of benzene rings is 1. The molecule has 6 rings (SSSR count). The normalized spacial score (nSPS) is 16.2. The molecule has 0 spiro atoms. The van der Waals surface area contributed by atoms with Crippen LogP contribution in [0.15, 0.2) is 54.7 Å². The van der Waals surface area contributed by atoms with Crippen LogP contribution in [0.1, 0.15) is 34.6 Å². The molecule has 3 aromatic heterocycles. The molecule has 0 unspecified atom stereocenters. The molecule has 2 aliphatic heterocycles. The molecular weight excluding hydrogens is 542 g/mol. The SMILES string of the molecule is Cc1nc(Oc2ccccc2)ccc1N1C(=O)Nc2c(C(=O)N[C@@H]3CCCN(C(=O)CC#N)C3)sc3nccc1c23. The summed E-state index contributed by atoms with van der Waals surface area (Å²) in [6.45, 7) is 2.70. The van der Waals surface area contributed by atoms with Crippen molar-refractivity contribution < 1.29 is 19.1 Å². The van der Waals surface area contributed by atoms with Crippen molar-refractivity contribution in [1.82, 2.24) is 20.2 Å². The zero-order valence-corrected chi connectivity index (χ0v) is 22.9. The summed E-state index contributed by atoms with van der Waals surface area (Å²) in [5, 5.41) is 15.4. The molecule has 0 bridgehead atoms. The molecule has 0 aliphatic carbocycles. The number of nitriles is 1. The minimum absolute atomic E-state index is 0.185. The lowest BCUT2D eigenvalue weighted by Gasteiger charge is -2.33. The largest absolute Gasteiger partial charge is 0.439 e. The highest BCUT2D eigenvalue weighted by Gasteiger charge is 2.34. The maximum Gasteiger partial charge on any atom is 0.331 e. The maximum atomic E-state index is 13.5. The van der Waals surface area contributed by atoms with Crippen LogP contribution < -0.4 is 20.3 Å². The van der Waals surface area contributed by atoms with Gasteiger partial charge in [0.25, 0.3) is 5.91 Å². The number of hydrogen-bond donors (Lipinski definition) is 2. The molecule has 1 atom stereocenters. The highest BCUT2D eigenvalue weighted by Crippen LogP contribution is 2.46. The molecule has 4 amide bonds. The van der Waals surface area contributed by atoms with Crippen LogP contribution in [0.5, 0.6) is 11.6 Å². The van der Waals surface area contributed by atoms with Crippen molar-refractivity contribution in [2.75, 3.05) is 23.3 Å². The van der Waals surface area contributed by atoms with Crippen molar-refractivity contribution in [3.05, 3.63) is 65.3 Å². The van der Waals surface area contributed by atoms with Crippen LogP contribution >= 0.6 is 11.3 Å². The van der Waals surface area contributed by atoms with Gasteiger partial charge >= 0.3 is 6.03 Å². The number of likely N-dealkylation sites (tertiary alicyclic amines) is 1. The van der Waals surface area contributed by atoms with Crippen molar-refractivity contribution in [3.8, 4) is 17.7 Å². The average Bonchev–Trinajstić information content (AvgIpc) is 3.34. The van der Waals surface area contributed by atoms with E-state index in [4.69, 9.17) is 10.00 Å². The van der Waals surface area contributed by atoms with Crippen molar-refractivity contribution in [2.24, 2.45) is 0 Å². The Balaban J connectivity index is 1.27. The minimum atomic E-state index is -0.426. The molecule has 1 fully saturated rings. The first-order valence-corrected chi connectivity index (χ1v) is 13.9. The molecular formula is C29H25N7O4S. The number of nitrogens with zero attached hydrogens (tertiary/aromatic N) is 5. The molecule has 41 heavy (non-hydrogen) atoms. The molecule has 5 heterocycles. The first kappa shape index (κ1) is 26.2. The van der Waals surface area contributed by atoms with Crippen LogP contribution in [0.25, 0.3) is 10.2 Å². The van der Waals surface area contributed by atoms with Gasteiger partial charge in [0.15, 0.2) is 0 Å². The van der Waals surface area contributed by atoms with Gasteiger partial charge in [-0.05, 0) is 44.0 Å². The van der Waals surface area contributed by atoms with E-state index < -0.39 is 6.03 Å². The molecule has 1 aromatic carbocycles. The standard InChI is InChI=1S/C29H25N7O4S/c1-17-20(9-10-22(32-17)40-19-7-3-2-4-8-19)36-21-12-14-31-28-24(21)25(34-29(36)39)26(41-28)27(38)33-18-6-5-15-35(16-18)23(37)11-13-30/h2-4,7-10,12,14,18H,5-6,11,15-16H2,1H3,(H,33,38)(H,34,39)/t18-/m1/s1. The van der Waals surface area contributed by atoms with E-state index in [-0.39, 0.29) is 24.3 Å². The highest BCUT2D eigenvalue weighted by atomic mass is 32.1. The highest BCUT2D eigenvalue weighted by molar-refractivity contribution is 7.21. The Bertz CT molecular complexity index is 1720. The molecule has 206 valence electrons. The number of urea groups is 1. The van der Waals surface area contributed by atoms with Crippen molar-refractivity contribution in [1.29, 1.82) is 5.26 Å². The second-order valence-electron chi connectivity index (χ2n) is 9.74. The summed E-state index contributed by atoms with van der Waals surface area (Å²) in [6, 6.07) is 15.7. The van der Waals surface area contributed by atoms with Crippen LogP contribution in [0.3, 0.4) is 0 Å². The number of aromatic nitrogens is 2. The molecule has 2 N–H and O–H groups in total. The van der Waals surface area contributed by atoms with Gasteiger partial charge in [-0.25, -0.2) is 14.8 Å². The van der Waals surface area contributed by atoms with E-state index in [1.165, 1.54) is 16.2 Å². The number of piperidine rings is 1. The van der Waals surface area contributed by atoms with E-state index in [0.29, 0.717) is 69.0 Å². The molecule has 0 saturated carbocycles. The second-order valence-corrected chi connectivity index (χ2v) is 10.7. The first-order chi connectivity index (χ1) is 19.9.